The van der Waals surface area contributed by atoms with Crippen molar-refractivity contribution in [3.05, 3.63) is 0 Å². The lowest BCUT2D eigenvalue weighted by Gasteiger charge is -2.12. The Bertz CT molecular complexity index is 173. The number of carbonyl (C=O) groups is 1. The van der Waals surface area contributed by atoms with E-state index in [0.717, 1.165) is 19.5 Å². The number of rotatable bonds is 4. The molecule has 1 saturated heterocycles. The molecule has 0 bridgehead atoms. The summed E-state index contributed by atoms with van der Waals surface area (Å²) < 4.78 is 0. The number of nitrogens with zero attached hydrogens (tertiary/aromatic N) is 1. The maximum Gasteiger partial charge on any atom is 0.220 e. The molecule has 0 radical (unpaired) electrons. The summed E-state index contributed by atoms with van der Waals surface area (Å²) in [5.41, 5.74) is 0. The summed E-state index contributed by atoms with van der Waals surface area (Å²) in [6, 6.07) is 0.316. The van der Waals surface area contributed by atoms with Crippen LogP contribution in [0, 0.1) is 0 Å². The normalized spacial score (nSPS) is 23.4. The number of aliphatic hydroxyl groups is 1. The summed E-state index contributed by atoms with van der Waals surface area (Å²) in [4.78, 5) is 13.4. The molecule has 0 spiro atoms. The molecule has 1 aliphatic heterocycles. The van der Waals surface area contributed by atoms with Crippen LogP contribution in [0.5, 0.6) is 0 Å². The van der Waals surface area contributed by atoms with Gasteiger partial charge in [0.25, 0.3) is 0 Å². The molecule has 4 heteroatoms. The molecule has 1 rings (SSSR count). The lowest BCUT2D eigenvalue weighted by atomic mass is 10.2. The molecule has 1 unspecified atom stereocenters. The van der Waals surface area contributed by atoms with Crippen LogP contribution < -0.4 is 5.32 Å². The first-order valence-corrected chi connectivity index (χ1v) is 4.81. The summed E-state index contributed by atoms with van der Waals surface area (Å²) in [7, 11) is 2.06. The van der Waals surface area contributed by atoms with Crippen molar-refractivity contribution >= 4 is 5.91 Å². The molecule has 13 heavy (non-hydrogen) atoms. The fourth-order valence-corrected chi connectivity index (χ4v) is 1.59. The Morgan fingerprint density at radius 3 is 3.00 bits per heavy atom. The van der Waals surface area contributed by atoms with Crippen LogP contribution in [-0.2, 0) is 4.79 Å². The lowest BCUT2D eigenvalue weighted by molar-refractivity contribution is -0.122. The number of nitrogens with one attached hydrogen (secondary N) is 1. The van der Waals surface area contributed by atoms with Gasteiger partial charge in [0.1, 0.15) is 0 Å². The van der Waals surface area contributed by atoms with E-state index >= 15 is 0 Å². The van der Waals surface area contributed by atoms with Crippen molar-refractivity contribution in [1.29, 1.82) is 0 Å². The number of aliphatic hydroxyl groups excluding tert-OH is 1. The molecule has 1 heterocycles. The molecular weight excluding hydrogens is 168 g/mol. The van der Waals surface area contributed by atoms with Crippen LogP contribution in [0.2, 0.25) is 0 Å². The van der Waals surface area contributed by atoms with E-state index in [2.05, 4.69) is 17.3 Å². The molecule has 0 saturated carbocycles. The van der Waals surface area contributed by atoms with Gasteiger partial charge in [-0.2, -0.15) is 0 Å². The average molecular weight is 186 g/mol. The van der Waals surface area contributed by atoms with Crippen molar-refractivity contribution in [2.24, 2.45) is 0 Å². The zero-order valence-corrected chi connectivity index (χ0v) is 8.12. The summed E-state index contributed by atoms with van der Waals surface area (Å²) >= 11 is 0. The Morgan fingerprint density at radius 1 is 1.69 bits per heavy atom. The summed E-state index contributed by atoms with van der Waals surface area (Å²) in [6.45, 7) is 2.10. The molecule has 2 N–H and O–H groups in total. The fourth-order valence-electron chi connectivity index (χ4n) is 1.59. The van der Waals surface area contributed by atoms with Gasteiger partial charge in [0.05, 0.1) is 0 Å². The molecule has 0 aliphatic carbocycles. The van der Waals surface area contributed by atoms with Crippen molar-refractivity contribution in [2.75, 3.05) is 26.7 Å². The zero-order valence-electron chi connectivity index (χ0n) is 8.12. The van der Waals surface area contributed by atoms with E-state index < -0.39 is 0 Å². The minimum atomic E-state index is 0.0642. The molecule has 1 amide bonds. The van der Waals surface area contributed by atoms with E-state index in [-0.39, 0.29) is 12.5 Å². The Labute approximate surface area is 78.9 Å². The van der Waals surface area contributed by atoms with Crippen LogP contribution in [0.3, 0.4) is 0 Å². The zero-order chi connectivity index (χ0) is 9.68. The van der Waals surface area contributed by atoms with Crippen molar-refractivity contribution in [3.63, 3.8) is 0 Å². The number of likely N-dealkylation sites (tertiary alicyclic amines) is 1. The highest BCUT2D eigenvalue weighted by molar-refractivity contribution is 5.76. The third-order valence-electron chi connectivity index (χ3n) is 2.32. The third kappa shape index (κ3) is 3.74. The van der Waals surface area contributed by atoms with E-state index in [9.17, 15) is 4.79 Å². The van der Waals surface area contributed by atoms with Crippen molar-refractivity contribution in [3.8, 4) is 0 Å². The van der Waals surface area contributed by atoms with Crippen LogP contribution in [0.25, 0.3) is 0 Å². The predicted molar refractivity (Wildman–Crippen MR) is 50.4 cm³/mol. The monoisotopic (exact) mass is 186 g/mol. The maximum absolute atomic E-state index is 11.2. The van der Waals surface area contributed by atoms with Gasteiger partial charge in [-0.25, -0.2) is 0 Å². The Morgan fingerprint density at radius 2 is 2.46 bits per heavy atom. The molecule has 0 aromatic rings. The van der Waals surface area contributed by atoms with E-state index in [0.29, 0.717) is 18.9 Å². The number of hydrogen-bond acceptors (Lipinski definition) is 3. The van der Waals surface area contributed by atoms with Crippen molar-refractivity contribution in [2.45, 2.75) is 25.3 Å². The van der Waals surface area contributed by atoms with Gasteiger partial charge in [-0.1, -0.05) is 0 Å². The predicted octanol–water partition coefficient (Wildman–Crippen LogP) is -0.421. The number of amides is 1. The van der Waals surface area contributed by atoms with Gasteiger partial charge in [0, 0.05) is 25.6 Å². The largest absolute Gasteiger partial charge is 0.396 e. The number of carbonyl (C=O) groups excluding carboxylic acids is 1. The first-order valence-electron chi connectivity index (χ1n) is 4.81. The smallest absolute Gasteiger partial charge is 0.220 e. The van der Waals surface area contributed by atoms with Crippen LogP contribution in [0.4, 0.5) is 0 Å². The quantitative estimate of drug-likeness (QED) is 0.627. The molecule has 4 nitrogen and oxygen atoms in total. The minimum absolute atomic E-state index is 0.0642. The fraction of sp³-hybridized carbons (Fsp3) is 0.889. The molecule has 0 aromatic carbocycles. The maximum atomic E-state index is 11.2. The average Bonchev–Trinajstić information content (AvgIpc) is 2.48. The molecule has 0 aromatic heterocycles. The second kappa shape index (κ2) is 5.19. The number of likely N-dealkylation sites (N-methyl/N-ethyl adjacent to an activating group) is 1. The van der Waals surface area contributed by atoms with Gasteiger partial charge < -0.3 is 15.3 Å². The Balaban J connectivity index is 2.13. The van der Waals surface area contributed by atoms with Crippen molar-refractivity contribution < 1.29 is 9.90 Å². The van der Waals surface area contributed by atoms with E-state index in [4.69, 9.17) is 5.11 Å². The molecule has 1 aliphatic rings. The van der Waals surface area contributed by atoms with Gasteiger partial charge in [-0.15, -0.1) is 0 Å². The summed E-state index contributed by atoms with van der Waals surface area (Å²) in [5.74, 6) is 0.0642. The standard InChI is InChI=1S/C9H18N2O2/c1-11-5-4-8(7-11)10-9(13)3-2-6-12/h8,12H,2-7H2,1H3,(H,10,13). The van der Waals surface area contributed by atoms with Gasteiger partial charge in [-0.05, 0) is 26.4 Å². The topological polar surface area (TPSA) is 52.6 Å². The van der Waals surface area contributed by atoms with Gasteiger partial charge >= 0.3 is 0 Å². The van der Waals surface area contributed by atoms with Crippen LogP contribution in [0.1, 0.15) is 19.3 Å². The van der Waals surface area contributed by atoms with Gasteiger partial charge in [-0.3, -0.25) is 4.79 Å². The number of hydrogen-bond donors (Lipinski definition) is 2. The third-order valence-corrected chi connectivity index (χ3v) is 2.32. The van der Waals surface area contributed by atoms with E-state index in [1.165, 1.54) is 0 Å². The summed E-state index contributed by atoms with van der Waals surface area (Å²) in [5, 5.41) is 11.5. The molecule has 76 valence electrons. The Kier molecular flexibility index (Phi) is 4.18. The van der Waals surface area contributed by atoms with Crippen LogP contribution >= 0.6 is 0 Å². The molecule has 1 fully saturated rings. The highest BCUT2D eigenvalue weighted by atomic mass is 16.3. The second-order valence-electron chi connectivity index (χ2n) is 3.64. The SMILES string of the molecule is CN1CCC(NC(=O)CCCO)C1. The minimum Gasteiger partial charge on any atom is -0.396 e. The molecule has 1 atom stereocenters. The highest BCUT2D eigenvalue weighted by Gasteiger charge is 2.20. The highest BCUT2D eigenvalue weighted by Crippen LogP contribution is 2.06. The van der Waals surface area contributed by atoms with Crippen LogP contribution in [-0.4, -0.2) is 48.7 Å². The van der Waals surface area contributed by atoms with Crippen molar-refractivity contribution in [1.82, 2.24) is 10.2 Å². The first kappa shape index (κ1) is 10.5. The van der Waals surface area contributed by atoms with E-state index in [1.807, 2.05) is 0 Å². The lowest BCUT2D eigenvalue weighted by Crippen LogP contribution is -2.36. The van der Waals surface area contributed by atoms with E-state index in [1.54, 1.807) is 0 Å². The van der Waals surface area contributed by atoms with Gasteiger partial charge in [0.15, 0.2) is 0 Å². The Hall–Kier alpha value is -0.610. The second-order valence-corrected chi connectivity index (χ2v) is 3.64. The van der Waals surface area contributed by atoms with Gasteiger partial charge in [0.2, 0.25) is 5.91 Å². The van der Waals surface area contributed by atoms with Crippen LogP contribution in [0.15, 0.2) is 0 Å². The molecular formula is C9H18N2O2. The summed E-state index contributed by atoms with van der Waals surface area (Å²) in [6.07, 6.45) is 2.05. The first-order chi connectivity index (χ1) is 6.22.